The summed E-state index contributed by atoms with van der Waals surface area (Å²) in [5.41, 5.74) is -0.277. The maximum absolute atomic E-state index is 12.9. The average Bonchev–Trinajstić information content (AvgIpc) is 3.16. The van der Waals surface area contributed by atoms with E-state index < -0.39 is 30.1 Å². The molecule has 29 heavy (non-hydrogen) atoms. The van der Waals surface area contributed by atoms with Crippen molar-refractivity contribution in [2.45, 2.75) is 37.1 Å². The van der Waals surface area contributed by atoms with Gasteiger partial charge in [-0.15, -0.1) is 0 Å². The number of alkyl halides is 3. The second-order valence-electron chi connectivity index (χ2n) is 6.86. The Labute approximate surface area is 165 Å². The fourth-order valence-corrected chi connectivity index (χ4v) is 3.46. The van der Waals surface area contributed by atoms with E-state index >= 15 is 0 Å². The van der Waals surface area contributed by atoms with Gasteiger partial charge in [0.1, 0.15) is 12.0 Å². The standard InChI is InChI=1S/C19H22F3N3O4/c1-27-15(13-6-4-3-5-7-13)16(26)25-10-8-18(28-2,9-11-25)17-23-14(24-29-17)12-19(20,21)22/h3-7,15H,8-12H2,1-2H3/t15-/m0/s1. The molecule has 1 aliphatic rings. The van der Waals surface area contributed by atoms with E-state index in [0.29, 0.717) is 25.9 Å². The fraction of sp³-hybridized carbons (Fsp3) is 0.526. The summed E-state index contributed by atoms with van der Waals surface area (Å²) in [6, 6.07) is 9.14. The average molecular weight is 413 g/mol. The molecule has 7 nitrogen and oxygen atoms in total. The lowest BCUT2D eigenvalue weighted by Crippen LogP contribution is -2.47. The number of rotatable bonds is 6. The third kappa shape index (κ3) is 4.76. The van der Waals surface area contributed by atoms with E-state index in [4.69, 9.17) is 14.0 Å². The second kappa shape index (κ2) is 8.50. The monoisotopic (exact) mass is 413 g/mol. The first-order valence-electron chi connectivity index (χ1n) is 9.09. The van der Waals surface area contributed by atoms with Crippen molar-refractivity contribution < 1.29 is 32.0 Å². The van der Waals surface area contributed by atoms with Crippen molar-refractivity contribution in [3.8, 4) is 0 Å². The third-order valence-corrected chi connectivity index (χ3v) is 5.05. The molecule has 0 radical (unpaired) electrons. The van der Waals surface area contributed by atoms with Crippen molar-refractivity contribution in [2.75, 3.05) is 27.3 Å². The highest BCUT2D eigenvalue weighted by atomic mass is 19.4. The number of aromatic nitrogens is 2. The second-order valence-corrected chi connectivity index (χ2v) is 6.86. The van der Waals surface area contributed by atoms with E-state index in [1.807, 2.05) is 30.3 Å². The predicted molar refractivity (Wildman–Crippen MR) is 94.8 cm³/mol. The topological polar surface area (TPSA) is 77.7 Å². The maximum Gasteiger partial charge on any atom is 0.396 e. The Morgan fingerprint density at radius 2 is 1.90 bits per heavy atom. The van der Waals surface area contributed by atoms with Crippen LogP contribution in [-0.4, -0.2) is 54.4 Å². The lowest BCUT2D eigenvalue weighted by Gasteiger charge is -2.39. The van der Waals surface area contributed by atoms with Gasteiger partial charge in [-0.05, 0) is 5.56 Å². The van der Waals surface area contributed by atoms with E-state index in [2.05, 4.69) is 10.1 Å². The lowest BCUT2D eigenvalue weighted by molar-refractivity contribution is -0.149. The zero-order valence-corrected chi connectivity index (χ0v) is 16.1. The number of likely N-dealkylation sites (tertiary alicyclic amines) is 1. The molecule has 0 saturated carbocycles. The SMILES string of the molecule is CO[C@H](C(=O)N1CCC(OC)(c2nc(CC(F)(F)F)no2)CC1)c1ccccc1. The van der Waals surface area contributed by atoms with Crippen molar-refractivity contribution in [1.29, 1.82) is 0 Å². The van der Waals surface area contributed by atoms with Gasteiger partial charge >= 0.3 is 6.18 Å². The Balaban J connectivity index is 1.70. The van der Waals surface area contributed by atoms with Crippen molar-refractivity contribution in [1.82, 2.24) is 15.0 Å². The van der Waals surface area contributed by atoms with Gasteiger partial charge in [-0.1, -0.05) is 35.5 Å². The summed E-state index contributed by atoms with van der Waals surface area (Å²) in [6.07, 6.45) is -5.80. The number of benzene rings is 1. The molecule has 158 valence electrons. The molecule has 10 heteroatoms. The van der Waals surface area contributed by atoms with Gasteiger partial charge in [0.25, 0.3) is 11.8 Å². The molecule has 0 aliphatic carbocycles. The van der Waals surface area contributed by atoms with Crippen LogP contribution < -0.4 is 0 Å². The Hall–Kier alpha value is -2.46. The quantitative estimate of drug-likeness (QED) is 0.725. The van der Waals surface area contributed by atoms with Crippen molar-refractivity contribution in [3.63, 3.8) is 0 Å². The molecule has 0 bridgehead atoms. The van der Waals surface area contributed by atoms with Gasteiger partial charge in [0, 0.05) is 40.2 Å². The molecule has 1 aromatic carbocycles. The Kier molecular flexibility index (Phi) is 6.23. The Morgan fingerprint density at radius 3 is 2.45 bits per heavy atom. The van der Waals surface area contributed by atoms with Crippen LogP contribution in [0.5, 0.6) is 0 Å². The predicted octanol–water partition coefficient (Wildman–Crippen LogP) is 3.03. The highest BCUT2D eigenvalue weighted by Gasteiger charge is 2.44. The summed E-state index contributed by atoms with van der Waals surface area (Å²) >= 11 is 0. The van der Waals surface area contributed by atoms with Gasteiger partial charge in [0.2, 0.25) is 0 Å². The van der Waals surface area contributed by atoms with Gasteiger partial charge in [-0.3, -0.25) is 4.79 Å². The fourth-order valence-electron chi connectivity index (χ4n) is 3.46. The molecule has 2 heterocycles. The number of hydrogen-bond acceptors (Lipinski definition) is 6. The van der Waals surface area contributed by atoms with E-state index in [1.165, 1.54) is 14.2 Å². The minimum atomic E-state index is -4.43. The zero-order valence-electron chi connectivity index (χ0n) is 16.1. The molecule has 1 atom stereocenters. The molecular formula is C19H22F3N3O4. The Morgan fingerprint density at radius 1 is 1.24 bits per heavy atom. The summed E-state index contributed by atoms with van der Waals surface area (Å²) in [4.78, 5) is 18.4. The molecule has 0 spiro atoms. The van der Waals surface area contributed by atoms with Gasteiger partial charge in [0.15, 0.2) is 11.9 Å². The van der Waals surface area contributed by atoms with E-state index in [1.54, 1.807) is 4.90 Å². The number of ether oxygens (including phenoxy) is 2. The summed E-state index contributed by atoms with van der Waals surface area (Å²) in [7, 11) is 2.91. The number of halogens is 3. The summed E-state index contributed by atoms with van der Waals surface area (Å²) in [5, 5.41) is 3.42. The first kappa shape index (κ1) is 21.3. The van der Waals surface area contributed by atoms with Crippen molar-refractivity contribution in [2.24, 2.45) is 0 Å². The van der Waals surface area contributed by atoms with Crippen LogP contribution in [0.1, 0.15) is 36.2 Å². The van der Waals surface area contributed by atoms with Crippen LogP contribution in [0.2, 0.25) is 0 Å². The van der Waals surface area contributed by atoms with Crippen LogP contribution in [0.25, 0.3) is 0 Å². The number of methoxy groups -OCH3 is 2. The van der Waals surface area contributed by atoms with Crippen LogP contribution in [-0.2, 0) is 26.3 Å². The molecule has 0 unspecified atom stereocenters. The van der Waals surface area contributed by atoms with E-state index in [0.717, 1.165) is 5.56 Å². The minimum absolute atomic E-state index is 0.00213. The summed E-state index contributed by atoms with van der Waals surface area (Å²) < 4.78 is 53.7. The third-order valence-electron chi connectivity index (χ3n) is 5.05. The number of piperidine rings is 1. The Bertz CT molecular complexity index is 818. The first-order valence-corrected chi connectivity index (χ1v) is 9.09. The van der Waals surface area contributed by atoms with Crippen LogP contribution in [0.4, 0.5) is 13.2 Å². The van der Waals surface area contributed by atoms with Gasteiger partial charge in [-0.25, -0.2) is 0 Å². The van der Waals surface area contributed by atoms with Gasteiger partial charge < -0.3 is 18.9 Å². The van der Waals surface area contributed by atoms with E-state index in [9.17, 15) is 18.0 Å². The first-order chi connectivity index (χ1) is 13.8. The molecule has 2 aromatic rings. The molecule has 3 rings (SSSR count). The highest BCUT2D eigenvalue weighted by Crippen LogP contribution is 2.36. The smallest absolute Gasteiger partial charge is 0.368 e. The van der Waals surface area contributed by atoms with Crippen molar-refractivity contribution in [3.05, 3.63) is 47.6 Å². The van der Waals surface area contributed by atoms with Gasteiger partial charge in [-0.2, -0.15) is 18.2 Å². The summed E-state index contributed by atoms with van der Waals surface area (Å²) in [5.74, 6) is -0.629. The molecular weight excluding hydrogens is 391 g/mol. The molecule has 1 aromatic heterocycles. The molecule has 1 saturated heterocycles. The lowest BCUT2D eigenvalue weighted by atomic mass is 9.90. The van der Waals surface area contributed by atoms with E-state index in [-0.39, 0.29) is 11.8 Å². The van der Waals surface area contributed by atoms with Gasteiger partial charge in [0.05, 0.1) is 0 Å². The minimum Gasteiger partial charge on any atom is -0.368 e. The van der Waals surface area contributed by atoms with Crippen LogP contribution in [0.15, 0.2) is 34.9 Å². The number of carbonyl (C=O) groups is 1. The normalized spacial score (nSPS) is 17.9. The van der Waals surface area contributed by atoms with Crippen LogP contribution in [0, 0.1) is 0 Å². The van der Waals surface area contributed by atoms with Crippen LogP contribution in [0.3, 0.4) is 0 Å². The number of nitrogens with zero attached hydrogens (tertiary/aromatic N) is 3. The summed E-state index contributed by atoms with van der Waals surface area (Å²) in [6.45, 7) is 0.632. The largest absolute Gasteiger partial charge is 0.396 e. The van der Waals surface area contributed by atoms with Crippen molar-refractivity contribution >= 4 is 5.91 Å². The number of amides is 1. The van der Waals surface area contributed by atoms with Crippen LogP contribution >= 0.6 is 0 Å². The highest BCUT2D eigenvalue weighted by molar-refractivity contribution is 5.82. The molecule has 1 fully saturated rings. The number of hydrogen-bond donors (Lipinski definition) is 0. The molecule has 1 amide bonds. The zero-order chi connectivity index (χ0) is 21.1. The molecule has 1 aliphatic heterocycles. The number of carbonyl (C=O) groups excluding carboxylic acids is 1. The maximum atomic E-state index is 12.9. The molecule has 0 N–H and O–H groups in total.